The second kappa shape index (κ2) is 8.71. The van der Waals surface area contributed by atoms with Crippen LogP contribution < -0.4 is 0 Å². The first-order valence-corrected chi connectivity index (χ1v) is 8.90. The van der Waals surface area contributed by atoms with E-state index in [0.29, 0.717) is 50.4 Å². The van der Waals surface area contributed by atoms with Gasteiger partial charge in [-0.1, -0.05) is 17.3 Å². The van der Waals surface area contributed by atoms with Crippen LogP contribution in [-0.2, 0) is 16.0 Å². The number of nitrogens with zero attached hydrogens (tertiary/aromatic N) is 3. The van der Waals surface area contributed by atoms with Crippen LogP contribution in [0, 0.1) is 0 Å². The van der Waals surface area contributed by atoms with Gasteiger partial charge in [-0.05, 0) is 18.6 Å². The quantitative estimate of drug-likeness (QED) is 0.686. The van der Waals surface area contributed by atoms with Gasteiger partial charge in [-0.3, -0.25) is 9.69 Å². The number of rotatable bonds is 7. The van der Waals surface area contributed by atoms with Gasteiger partial charge in [0.05, 0.1) is 6.42 Å². The number of benzene rings is 1. The molecule has 2 aromatic rings. The molecule has 9 heteroatoms. The Kier molecular flexibility index (Phi) is 6.33. The summed E-state index contributed by atoms with van der Waals surface area (Å²) in [5.74, 6) is 0.00205. The van der Waals surface area contributed by atoms with Crippen LogP contribution in [-0.4, -0.2) is 73.0 Å². The van der Waals surface area contributed by atoms with Crippen molar-refractivity contribution in [2.45, 2.75) is 19.0 Å². The zero-order chi connectivity index (χ0) is 19.3. The molecule has 1 aliphatic rings. The van der Waals surface area contributed by atoms with Gasteiger partial charge in [0.15, 0.2) is 5.58 Å². The molecule has 1 amide bonds. The third kappa shape index (κ3) is 5.67. The number of para-hydroxylation sites is 1. The largest absolute Gasteiger partial charge is 0.411 e. The van der Waals surface area contributed by atoms with E-state index in [0.717, 1.165) is 5.39 Å². The fourth-order valence-electron chi connectivity index (χ4n) is 3.12. The summed E-state index contributed by atoms with van der Waals surface area (Å²) in [5.41, 5.74) is 1.30. The normalized spacial score (nSPS) is 16.2. The smallest absolute Gasteiger partial charge is 0.372 e. The van der Waals surface area contributed by atoms with E-state index in [9.17, 15) is 18.0 Å². The minimum atomic E-state index is -4.28. The maximum atomic E-state index is 12.5. The molecule has 148 valence electrons. The number of alkyl halides is 3. The number of amides is 1. The van der Waals surface area contributed by atoms with E-state index < -0.39 is 12.8 Å². The van der Waals surface area contributed by atoms with E-state index in [2.05, 4.69) is 14.8 Å². The fourth-order valence-corrected chi connectivity index (χ4v) is 3.12. The molecule has 0 spiro atoms. The highest BCUT2D eigenvalue weighted by molar-refractivity contribution is 5.86. The Balaban J connectivity index is 1.38. The van der Waals surface area contributed by atoms with E-state index in [1.807, 2.05) is 24.3 Å². The lowest BCUT2D eigenvalue weighted by Gasteiger charge is -2.34. The molecule has 0 atom stereocenters. The summed E-state index contributed by atoms with van der Waals surface area (Å²) >= 11 is 0. The Morgan fingerprint density at radius 1 is 1.19 bits per heavy atom. The number of carbonyl (C=O) groups is 1. The SMILES string of the molecule is O=C(Cc1noc2ccccc12)N1CCN(CCCOCC(F)(F)F)CC1. The fraction of sp³-hybridized carbons (Fsp3) is 0.556. The van der Waals surface area contributed by atoms with E-state index >= 15 is 0 Å². The zero-order valence-electron chi connectivity index (χ0n) is 14.9. The summed E-state index contributed by atoms with van der Waals surface area (Å²) in [6, 6.07) is 7.43. The standard InChI is InChI=1S/C18H22F3N3O3/c19-18(20,21)13-26-11-3-6-23-7-9-24(10-8-23)17(25)12-15-14-4-1-2-5-16(14)27-22-15/h1-2,4-5H,3,6-13H2. The lowest BCUT2D eigenvalue weighted by molar-refractivity contribution is -0.174. The molecule has 1 aromatic carbocycles. The predicted molar refractivity (Wildman–Crippen MR) is 92.2 cm³/mol. The van der Waals surface area contributed by atoms with Crippen molar-refractivity contribution >= 4 is 16.9 Å². The summed E-state index contributed by atoms with van der Waals surface area (Å²) in [6.07, 6.45) is -3.54. The predicted octanol–water partition coefficient (Wildman–Crippen LogP) is 2.48. The first kappa shape index (κ1) is 19.6. The van der Waals surface area contributed by atoms with Gasteiger partial charge in [0.25, 0.3) is 0 Å². The highest BCUT2D eigenvalue weighted by Gasteiger charge is 2.27. The summed E-state index contributed by atoms with van der Waals surface area (Å²) in [6.45, 7) is 2.13. The van der Waals surface area contributed by atoms with Crippen LogP contribution in [0.1, 0.15) is 12.1 Å². The van der Waals surface area contributed by atoms with Gasteiger partial charge in [0.2, 0.25) is 5.91 Å². The molecule has 0 radical (unpaired) electrons. The molecule has 0 unspecified atom stereocenters. The monoisotopic (exact) mass is 385 g/mol. The summed E-state index contributed by atoms with van der Waals surface area (Å²) in [5, 5.41) is 4.84. The van der Waals surface area contributed by atoms with Gasteiger partial charge in [-0.2, -0.15) is 13.2 Å². The molecule has 0 N–H and O–H groups in total. The van der Waals surface area contributed by atoms with Gasteiger partial charge in [0.1, 0.15) is 12.3 Å². The lowest BCUT2D eigenvalue weighted by atomic mass is 10.1. The highest BCUT2D eigenvalue weighted by atomic mass is 19.4. The van der Waals surface area contributed by atoms with Crippen LogP contribution in [0.5, 0.6) is 0 Å². The molecule has 0 saturated carbocycles. The van der Waals surface area contributed by atoms with Crippen molar-refractivity contribution in [2.75, 3.05) is 45.9 Å². The number of aromatic nitrogens is 1. The third-order valence-corrected chi connectivity index (χ3v) is 4.52. The molecule has 1 fully saturated rings. The van der Waals surface area contributed by atoms with Gasteiger partial charge >= 0.3 is 6.18 Å². The average molecular weight is 385 g/mol. The van der Waals surface area contributed by atoms with Crippen LogP contribution in [0.2, 0.25) is 0 Å². The number of fused-ring (bicyclic) bond motifs is 1. The number of hydrogen-bond acceptors (Lipinski definition) is 5. The van der Waals surface area contributed by atoms with Crippen LogP contribution in [0.3, 0.4) is 0 Å². The number of halogens is 3. The first-order valence-electron chi connectivity index (χ1n) is 8.90. The average Bonchev–Trinajstić information content (AvgIpc) is 3.04. The number of hydrogen-bond donors (Lipinski definition) is 0. The Morgan fingerprint density at radius 2 is 1.93 bits per heavy atom. The van der Waals surface area contributed by atoms with Crippen molar-refractivity contribution in [3.63, 3.8) is 0 Å². The van der Waals surface area contributed by atoms with Gasteiger partial charge in [-0.25, -0.2) is 0 Å². The summed E-state index contributed by atoms with van der Waals surface area (Å²) in [7, 11) is 0. The van der Waals surface area contributed by atoms with E-state index in [4.69, 9.17) is 4.52 Å². The van der Waals surface area contributed by atoms with Crippen LogP contribution in [0.25, 0.3) is 11.0 Å². The maximum Gasteiger partial charge on any atom is 0.411 e. The summed E-state index contributed by atoms with van der Waals surface area (Å²) < 4.78 is 45.8. The second-order valence-corrected chi connectivity index (χ2v) is 6.55. The highest BCUT2D eigenvalue weighted by Crippen LogP contribution is 2.19. The van der Waals surface area contributed by atoms with Crippen molar-refractivity contribution in [2.24, 2.45) is 0 Å². The molecule has 0 bridgehead atoms. The Labute approximate surface area is 154 Å². The topological polar surface area (TPSA) is 58.8 Å². The maximum absolute atomic E-state index is 12.5. The van der Waals surface area contributed by atoms with Crippen molar-refractivity contribution in [1.29, 1.82) is 0 Å². The second-order valence-electron chi connectivity index (χ2n) is 6.55. The first-order chi connectivity index (χ1) is 12.9. The molecule has 0 aliphatic carbocycles. The zero-order valence-corrected chi connectivity index (χ0v) is 14.9. The molecular weight excluding hydrogens is 363 g/mol. The van der Waals surface area contributed by atoms with E-state index in [1.165, 1.54) is 0 Å². The molecule has 1 saturated heterocycles. The van der Waals surface area contributed by atoms with Crippen LogP contribution in [0.15, 0.2) is 28.8 Å². The van der Waals surface area contributed by atoms with Crippen molar-refractivity contribution in [3.05, 3.63) is 30.0 Å². The minimum Gasteiger partial charge on any atom is -0.372 e. The van der Waals surface area contributed by atoms with E-state index in [-0.39, 0.29) is 18.9 Å². The Bertz CT molecular complexity index is 755. The number of piperazine rings is 1. The number of ether oxygens (including phenoxy) is 1. The van der Waals surface area contributed by atoms with Crippen LogP contribution in [0.4, 0.5) is 13.2 Å². The van der Waals surface area contributed by atoms with E-state index in [1.54, 1.807) is 4.90 Å². The Hall–Kier alpha value is -2.13. The van der Waals surface area contributed by atoms with Gasteiger partial charge < -0.3 is 14.2 Å². The molecule has 3 rings (SSSR count). The molecule has 1 aliphatic heterocycles. The van der Waals surface area contributed by atoms with Gasteiger partial charge in [0, 0.05) is 44.7 Å². The lowest BCUT2D eigenvalue weighted by Crippen LogP contribution is -2.49. The molecule has 27 heavy (non-hydrogen) atoms. The molecule has 1 aromatic heterocycles. The molecule has 2 heterocycles. The van der Waals surface area contributed by atoms with Gasteiger partial charge in [-0.15, -0.1) is 0 Å². The van der Waals surface area contributed by atoms with Crippen LogP contribution >= 0.6 is 0 Å². The number of carbonyl (C=O) groups excluding carboxylic acids is 1. The van der Waals surface area contributed by atoms with Crippen molar-refractivity contribution < 1.29 is 27.2 Å². The Morgan fingerprint density at radius 3 is 2.67 bits per heavy atom. The van der Waals surface area contributed by atoms with Crippen molar-refractivity contribution in [3.8, 4) is 0 Å². The molecular formula is C18H22F3N3O3. The minimum absolute atomic E-state index is 0.00205. The molecule has 6 nitrogen and oxygen atoms in total. The van der Waals surface area contributed by atoms with Crippen molar-refractivity contribution in [1.82, 2.24) is 15.0 Å². The third-order valence-electron chi connectivity index (χ3n) is 4.52. The summed E-state index contributed by atoms with van der Waals surface area (Å²) in [4.78, 5) is 16.4.